The van der Waals surface area contributed by atoms with E-state index in [1.54, 1.807) is 0 Å². The highest BCUT2D eigenvalue weighted by molar-refractivity contribution is 5.91. The molecule has 4 nitrogen and oxygen atoms in total. The van der Waals surface area contributed by atoms with Crippen molar-refractivity contribution in [2.45, 2.75) is 33.1 Å². The summed E-state index contributed by atoms with van der Waals surface area (Å²) in [5.74, 6) is 1.35. The van der Waals surface area contributed by atoms with E-state index in [0.29, 0.717) is 25.5 Å². The van der Waals surface area contributed by atoms with Gasteiger partial charge in [-0.1, -0.05) is 26.0 Å². The van der Waals surface area contributed by atoms with Crippen molar-refractivity contribution in [2.24, 2.45) is 0 Å². The predicted octanol–water partition coefficient (Wildman–Crippen LogP) is 4.65. The molecule has 2 rings (SSSR count). The maximum absolute atomic E-state index is 12.0. The van der Waals surface area contributed by atoms with Gasteiger partial charge in [-0.25, -0.2) is 0 Å². The zero-order valence-corrected chi connectivity index (χ0v) is 14.6. The Labute approximate surface area is 144 Å². The number of carbonyl (C=O) groups excluding carboxylic acids is 1. The van der Waals surface area contributed by atoms with Crippen molar-refractivity contribution in [3.63, 3.8) is 0 Å². The van der Waals surface area contributed by atoms with Crippen molar-refractivity contribution in [3.05, 3.63) is 54.1 Å². The van der Waals surface area contributed by atoms with Crippen molar-refractivity contribution >= 4 is 17.3 Å². The highest BCUT2D eigenvalue weighted by Gasteiger charge is 2.04. The van der Waals surface area contributed by atoms with Gasteiger partial charge in [0.1, 0.15) is 5.75 Å². The maximum Gasteiger partial charge on any atom is 0.226 e. The van der Waals surface area contributed by atoms with E-state index in [2.05, 4.69) is 36.6 Å². The topological polar surface area (TPSA) is 50.4 Å². The number of carbonyl (C=O) groups is 1. The second-order valence-corrected chi connectivity index (χ2v) is 5.96. The normalized spacial score (nSPS) is 10.5. The van der Waals surface area contributed by atoms with Gasteiger partial charge in [0.05, 0.1) is 6.61 Å². The third-order valence-electron chi connectivity index (χ3n) is 3.71. The second-order valence-electron chi connectivity index (χ2n) is 5.96. The number of benzene rings is 2. The molecule has 0 spiro atoms. The molecule has 0 aliphatic carbocycles. The molecule has 0 atom stereocenters. The number of ether oxygens (including phenoxy) is 1. The molecule has 0 unspecified atom stereocenters. The molecule has 0 radical (unpaired) electrons. The molecule has 0 saturated heterocycles. The van der Waals surface area contributed by atoms with Gasteiger partial charge in [0.15, 0.2) is 0 Å². The van der Waals surface area contributed by atoms with E-state index in [1.807, 2.05) is 43.3 Å². The van der Waals surface area contributed by atoms with E-state index in [-0.39, 0.29) is 5.91 Å². The van der Waals surface area contributed by atoms with Crippen molar-refractivity contribution in [1.29, 1.82) is 0 Å². The first-order valence-corrected chi connectivity index (χ1v) is 8.45. The number of amides is 1. The SMILES string of the molecule is CCOc1ccc(NCCC(=O)Nc2ccc(C(C)C)cc2)cc1. The summed E-state index contributed by atoms with van der Waals surface area (Å²) in [5, 5.41) is 6.16. The van der Waals surface area contributed by atoms with Gasteiger partial charge < -0.3 is 15.4 Å². The number of anilines is 2. The number of nitrogens with one attached hydrogen (secondary N) is 2. The Morgan fingerprint density at radius 3 is 2.21 bits per heavy atom. The Bertz CT molecular complexity index is 634. The molecular weight excluding hydrogens is 300 g/mol. The van der Waals surface area contributed by atoms with Crippen LogP contribution in [0.5, 0.6) is 5.75 Å². The lowest BCUT2D eigenvalue weighted by Crippen LogP contribution is -2.16. The van der Waals surface area contributed by atoms with Crippen LogP contribution in [0.1, 0.15) is 38.7 Å². The fourth-order valence-corrected chi connectivity index (χ4v) is 2.33. The molecule has 128 valence electrons. The van der Waals surface area contributed by atoms with Gasteiger partial charge in [-0.15, -0.1) is 0 Å². The third kappa shape index (κ3) is 5.61. The lowest BCUT2D eigenvalue weighted by molar-refractivity contribution is -0.115. The summed E-state index contributed by atoms with van der Waals surface area (Å²) in [6.07, 6.45) is 0.416. The summed E-state index contributed by atoms with van der Waals surface area (Å²) < 4.78 is 5.40. The molecule has 2 aromatic carbocycles. The zero-order chi connectivity index (χ0) is 17.4. The van der Waals surface area contributed by atoms with Crippen LogP contribution in [-0.4, -0.2) is 19.1 Å². The fourth-order valence-electron chi connectivity index (χ4n) is 2.33. The largest absolute Gasteiger partial charge is 0.494 e. The fraction of sp³-hybridized carbons (Fsp3) is 0.350. The van der Waals surface area contributed by atoms with Crippen LogP contribution in [0.4, 0.5) is 11.4 Å². The summed E-state index contributed by atoms with van der Waals surface area (Å²) in [6.45, 7) is 7.51. The standard InChI is InChI=1S/C20H26N2O2/c1-4-24-19-11-9-17(10-12-19)21-14-13-20(23)22-18-7-5-16(6-8-18)15(2)3/h5-12,15,21H,4,13-14H2,1-3H3,(H,22,23). The summed E-state index contributed by atoms with van der Waals surface area (Å²) in [4.78, 5) is 12.0. The molecule has 0 fully saturated rings. The molecule has 1 amide bonds. The minimum absolute atomic E-state index is 0.00531. The first kappa shape index (κ1) is 17.9. The van der Waals surface area contributed by atoms with Crippen molar-refractivity contribution in [3.8, 4) is 5.75 Å². The molecule has 0 aromatic heterocycles. The Balaban J connectivity index is 1.74. The quantitative estimate of drug-likeness (QED) is 0.742. The average Bonchev–Trinajstić information content (AvgIpc) is 2.57. The Morgan fingerprint density at radius 2 is 1.62 bits per heavy atom. The van der Waals surface area contributed by atoms with Crippen molar-refractivity contribution in [1.82, 2.24) is 0 Å². The Morgan fingerprint density at radius 1 is 1.00 bits per heavy atom. The Hall–Kier alpha value is -2.49. The monoisotopic (exact) mass is 326 g/mol. The van der Waals surface area contributed by atoms with E-state index < -0.39 is 0 Å². The van der Waals surface area contributed by atoms with Crippen molar-refractivity contribution in [2.75, 3.05) is 23.8 Å². The van der Waals surface area contributed by atoms with Crippen LogP contribution < -0.4 is 15.4 Å². The van der Waals surface area contributed by atoms with Crippen LogP contribution in [0.3, 0.4) is 0 Å². The van der Waals surface area contributed by atoms with Crippen LogP contribution in [-0.2, 0) is 4.79 Å². The van der Waals surface area contributed by atoms with E-state index in [0.717, 1.165) is 17.1 Å². The van der Waals surface area contributed by atoms with Gasteiger partial charge in [-0.3, -0.25) is 4.79 Å². The number of hydrogen-bond donors (Lipinski definition) is 2. The molecule has 0 heterocycles. The van der Waals surface area contributed by atoms with E-state index in [4.69, 9.17) is 4.74 Å². The van der Waals surface area contributed by atoms with Crippen LogP contribution in [0.15, 0.2) is 48.5 Å². The first-order valence-electron chi connectivity index (χ1n) is 8.45. The summed E-state index contributed by atoms with van der Waals surface area (Å²) in [5.41, 5.74) is 3.09. The van der Waals surface area contributed by atoms with E-state index in [9.17, 15) is 4.79 Å². The van der Waals surface area contributed by atoms with E-state index in [1.165, 1.54) is 5.56 Å². The molecule has 2 aromatic rings. The van der Waals surface area contributed by atoms with Gasteiger partial charge in [0.25, 0.3) is 0 Å². The molecule has 0 bridgehead atoms. The predicted molar refractivity (Wildman–Crippen MR) is 99.9 cm³/mol. The third-order valence-corrected chi connectivity index (χ3v) is 3.71. The minimum Gasteiger partial charge on any atom is -0.494 e. The Kier molecular flexibility index (Phi) is 6.67. The maximum atomic E-state index is 12.0. The lowest BCUT2D eigenvalue weighted by Gasteiger charge is -2.10. The summed E-state index contributed by atoms with van der Waals surface area (Å²) in [6, 6.07) is 15.8. The lowest BCUT2D eigenvalue weighted by atomic mass is 10.0. The van der Waals surface area contributed by atoms with Gasteiger partial charge in [-0.2, -0.15) is 0 Å². The number of rotatable bonds is 8. The van der Waals surface area contributed by atoms with Crippen LogP contribution in [0.2, 0.25) is 0 Å². The molecular formula is C20H26N2O2. The summed E-state index contributed by atoms with van der Waals surface area (Å²) in [7, 11) is 0. The van der Waals surface area contributed by atoms with Crippen LogP contribution >= 0.6 is 0 Å². The van der Waals surface area contributed by atoms with Crippen molar-refractivity contribution < 1.29 is 9.53 Å². The molecule has 4 heteroatoms. The second kappa shape index (κ2) is 8.96. The highest BCUT2D eigenvalue weighted by atomic mass is 16.5. The van der Waals surface area contributed by atoms with Crippen LogP contribution in [0, 0.1) is 0 Å². The molecule has 0 aliphatic rings. The molecule has 0 saturated carbocycles. The van der Waals surface area contributed by atoms with Gasteiger partial charge >= 0.3 is 0 Å². The van der Waals surface area contributed by atoms with Gasteiger partial charge in [0, 0.05) is 24.3 Å². The molecule has 24 heavy (non-hydrogen) atoms. The minimum atomic E-state index is 0.00531. The average molecular weight is 326 g/mol. The first-order chi connectivity index (χ1) is 11.6. The number of hydrogen-bond acceptors (Lipinski definition) is 3. The van der Waals surface area contributed by atoms with Gasteiger partial charge in [0.2, 0.25) is 5.91 Å². The van der Waals surface area contributed by atoms with Crippen LogP contribution in [0.25, 0.3) is 0 Å². The highest BCUT2D eigenvalue weighted by Crippen LogP contribution is 2.18. The smallest absolute Gasteiger partial charge is 0.226 e. The van der Waals surface area contributed by atoms with E-state index >= 15 is 0 Å². The zero-order valence-electron chi connectivity index (χ0n) is 14.6. The summed E-state index contributed by atoms with van der Waals surface area (Å²) >= 11 is 0. The molecule has 0 aliphatic heterocycles. The van der Waals surface area contributed by atoms with Gasteiger partial charge in [-0.05, 0) is 54.8 Å². The molecule has 2 N–H and O–H groups in total.